The van der Waals surface area contributed by atoms with E-state index in [0.29, 0.717) is 29.2 Å². The summed E-state index contributed by atoms with van der Waals surface area (Å²) in [5.74, 6) is 0.275. The zero-order valence-electron chi connectivity index (χ0n) is 12.3. The molecule has 1 unspecified atom stereocenters. The lowest BCUT2D eigenvalue weighted by Crippen LogP contribution is -2.27. The van der Waals surface area contributed by atoms with Gasteiger partial charge >= 0.3 is 5.97 Å². The molecule has 0 fully saturated rings. The van der Waals surface area contributed by atoms with Gasteiger partial charge in [0.2, 0.25) is 0 Å². The molecule has 1 aromatic carbocycles. The Labute approximate surface area is 127 Å². The summed E-state index contributed by atoms with van der Waals surface area (Å²) in [5.41, 5.74) is 1.23. The van der Waals surface area contributed by atoms with Gasteiger partial charge in [-0.25, -0.2) is 14.2 Å². The smallest absolute Gasteiger partial charge is 0.329 e. The van der Waals surface area contributed by atoms with Crippen LogP contribution in [0.4, 0.5) is 4.39 Å². The fourth-order valence-electron chi connectivity index (χ4n) is 2.48. The Morgan fingerprint density at radius 1 is 1.48 bits per heavy atom. The Hall–Kier alpha value is -1.62. The summed E-state index contributed by atoms with van der Waals surface area (Å²) in [5, 5.41) is 0. The van der Waals surface area contributed by atoms with Crippen molar-refractivity contribution in [3.05, 3.63) is 29.8 Å². The fraction of sp³-hybridized carbons (Fsp3) is 0.467. The van der Waals surface area contributed by atoms with E-state index in [0.717, 1.165) is 0 Å². The van der Waals surface area contributed by atoms with Crippen LogP contribution in [0.5, 0.6) is 0 Å². The summed E-state index contributed by atoms with van der Waals surface area (Å²) in [7, 11) is 1.35. The first-order valence-electron chi connectivity index (χ1n) is 6.79. The molecule has 0 bridgehead atoms. The van der Waals surface area contributed by atoms with E-state index in [4.69, 9.17) is 16.3 Å². The number of benzene rings is 1. The maximum absolute atomic E-state index is 13.6. The van der Waals surface area contributed by atoms with Crippen LogP contribution in [0.25, 0.3) is 11.0 Å². The van der Waals surface area contributed by atoms with Crippen molar-refractivity contribution >= 4 is 28.6 Å². The molecule has 114 valence electrons. The van der Waals surface area contributed by atoms with Crippen molar-refractivity contribution in [1.82, 2.24) is 9.55 Å². The van der Waals surface area contributed by atoms with Gasteiger partial charge in [0.1, 0.15) is 17.7 Å². The number of aryl methyl sites for hydroxylation is 1. The van der Waals surface area contributed by atoms with E-state index in [-0.39, 0.29) is 17.7 Å². The van der Waals surface area contributed by atoms with Gasteiger partial charge in [-0.1, -0.05) is 13.8 Å². The topological polar surface area (TPSA) is 44.1 Å². The van der Waals surface area contributed by atoms with Crippen LogP contribution in [0.1, 0.15) is 25.7 Å². The molecule has 0 aliphatic carbocycles. The molecule has 1 heterocycles. The molecule has 0 aliphatic rings. The zero-order valence-corrected chi connectivity index (χ0v) is 13.0. The third kappa shape index (κ3) is 3.02. The van der Waals surface area contributed by atoms with Crippen molar-refractivity contribution in [2.24, 2.45) is 5.92 Å². The minimum atomic E-state index is -0.556. The monoisotopic (exact) mass is 312 g/mol. The number of hydrogen-bond acceptors (Lipinski definition) is 3. The van der Waals surface area contributed by atoms with E-state index >= 15 is 0 Å². The van der Waals surface area contributed by atoms with E-state index in [1.165, 1.54) is 19.2 Å². The maximum atomic E-state index is 13.6. The number of nitrogens with zero attached hydrogens (tertiary/aromatic N) is 2. The standard InChI is InChI=1S/C15H18ClFN2O2/c1-9(2)14(15(20)21-3)19-12-8-10(17)4-5-11(12)18-13(19)6-7-16/h4-5,8-9,14H,6-7H2,1-3H3. The number of ether oxygens (including phenoxy) is 1. The maximum Gasteiger partial charge on any atom is 0.329 e. The van der Waals surface area contributed by atoms with Crippen molar-refractivity contribution in [2.75, 3.05) is 13.0 Å². The molecule has 21 heavy (non-hydrogen) atoms. The number of esters is 1. The number of alkyl halides is 1. The van der Waals surface area contributed by atoms with Gasteiger partial charge < -0.3 is 9.30 Å². The van der Waals surface area contributed by atoms with Crippen molar-refractivity contribution in [3.8, 4) is 0 Å². The van der Waals surface area contributed by atoms with Crippen LogP contribution in [0.15, 0.2) is 18.2 Å². The summed E-state index contributed by atoms with van der Waals surface area (Å²) < 4.78 is 20.2. The van der Waals surface area contributed by atoms with Gasteiger partial charge in [0.05, 0.1) is 18.1 Å². The summed E-state index contributed by atoms with van der Waals surface area (Å²) >= 11 is 5.82. The molecule has 0 saturated heterocycles. The third-order valence-corrected chi connectivity index (χ3v) is 3.58. The van der Waals surface area contributed by atoms with E-state index in [1.807, 2.05) is 13.8 Å². The highest BCUT2D eigenvalue weighted by Crippen LogP contribution is 2.28. The van der Waals surface area contributed by atoms with Gasteiger partial charge in [-0.2, -0.15) is 0 Å². The van der Waals surface area contributed by atoms with Gasteiger partial charge in [-0.15, -0.1) is 11.6 Å². The van der Waals surface area contributed by atoms with Crippen molar-refractivity contribution in [3.63, 3.8) is 0 Å². The number of hydrogen-bond donors (Lipinski definition) is 0. The van der Waals surface area contributed by atoms with Crippen molar-refractivity contribution < 1.29 is 13.9 Å². The molecular formula is C15H18ClFN2O2. The Bertz CT molecular complexity index is 654. The molecular weight excluding hydrogens is 295 g/mol. The third-order valence-electron chi connectivity index (χ3n) is 3.40. The number of carbonyl (C=O) groups is 1. The first-order valence-corrected chi connectivity index (χ1v) is 7.33. The number of imidazole rings is 1. The Morgan fingerprint density at radius 3 is 2.76 bits per heavy atom. The molecule has 6 heteroatoms. The van der Waals surface area contributed by atoms with E-state index in [9.17, 15) is 9.18 Å². The Kier molecular flexibility index (Phi) is 4.83. The SMILES string of the molecule is COC(=O)C(C(C)C)n1c(CCCl)nc2ccc(F)cc21. The summed E-state index contributed by atoms with van der Waals surface area (Å²) in [6, 6.07) is 3.79. The average Bonchev–Trinajstić information content (AvgIpc) is 2.77. The molecule has 1 aromatic heterocycles. The van der Waals surface area contributed by atoms with Crippen LogP contribution in [-0.2, 0) is 16.0 Å². The van der Waals surface area contributed by atoms with Crippen LogP contribution >= 0.6 is 11.6 Å². The lowest BCUT2D eigenvalue weighted by Gasteiger charge is -2.22. The van der Waals surface area contributed by atoms with Crippen LogP contribution in [0.3, 0.4) is 0 Å². The van der Waals surface area contributed by atoms with Gasteiger partial charge in [0.15, 0.2) is 0 Å². The molecule has 1 atom stereocenters. The lowest BCUT2D eigenvalue weighted by molar-refractivity contribution is -0.146. The van der Waals surface area contributed by atoms with Crippen molar-refractivity contribution in [2.45, 2.75) is 26.3 Å². The second-order valence-corrected chi connectivity index (χ2v) is 5.56. The predicted octanol–water partition coefficient (Wildman–Crippen LogP) is 3.33. The first kappa shape index (κ1) is 15.8. The molecule has 0 amide bonds. The largest absolute Gasteiger partial charge is 0.467 e. The Balaban J connectivity index is 2.70. The van der Waals surface area contributed by atoms with Gasteiger partial charge in [0, 0.05) is 12.3 Å². The van der Waals surface area contributed by atoms with Crippen LogP contribution in [0, 0.1) is 11.7 Å². The highest BCUT2D eigenvalue weighted by Gasteiger charge is 2.29. The molecule has 0 aliphatic heterocycles. The normalized spacial score (nSPS) is 12.9. The number of methoxy groups -OCH3 is 1. The van der Waals surface area contributed by atoms with E-state index in [2.05, 4.69) is 4.98 Å². The molecule has 0 N–H and O–H groups in total. The quantitative estimate of drug-likeness (QED) is 0.628. The lowest BCUT2D eigenvalue weighted by atomic mass is 10.0. The number of fused-ring (bicyclic) bond motifs is 1. The number of halogens is 2. The molecule has 0 spiro atoms. The minimum Gasteiger partial charge on any atom is -0.467 e. The van der Waals surface area contributed by atoms with Crippen molar-refractivity contribution in [1.29, 1.82) is 0 Å². The Morgan fingerprint density at radius 2 is 2.19 bits per heavy atom. The predicted molar refractivity (Wildman–Crippen MR) is 80.0 cm³/mol. The van der Waals surface area contributed by atoms with Gasteiger partial charge in [-0.3, -0.25) is 0 Å². The van der Waals surface area contributed by atoms with E-state index in [1.54, 1.807) is 10.6 Å². The zero-order chi connectivity index (χ0) is 15.6. The summed E-state index contributed by atoms with van der Waals surface area (Å²) in [6.07, 6.45) is 0.498. The van der Waals surface area contributed by atoms with Gasteiger partial charge in [0.25, 0.3) is 0 Å². The number of carbonyl (C=O) groups excluding carboxylic acids is 1. The minimum absolute atomic E-state index is 0.0211. The molecule has 0 saturated carbocycles. The van der Waals surface area contributed by atoms with E-state index < -0.39 is 6.04 Å². The second kappa shape index (κ2) is 6.43. The highest BCUT2D eigenvalue weighted by atomic mass is 35.5. The summed E-state index contributed by atoms with van der Waals surface area (Å²) in [4.78, 5) is 16.6. The molecule has 4 nitrogen and oxygen atoms in total. The molecule has 2 rings (SSSR count). The average molecular weight is 313 g/mol. The molecule has 0 radical (unpaired) electrons. The van der Waals surface area contributed by atoms with Gasteiger partial charge in [-0.05, 0) is 24.1 Å². The molecule has 2 aromatic rings. The number of rotatable bonds is 5. The van der Waals surface area contributed by atoms with Crippen LogP contribution in [0.2, 0.25) is 0 Å². The van der Waals surface area contributed by atoms with Crippen LogP contribution in [-0.4, -0.2) is 28.5 Å². The summed E-state index contributed by atoms with van der Waals surface area (Å²) in [6.45, 7) is 3.83. The number of aromatic nitrogens is 2. The second-order valence-electron chi connectivity index (χ2n) is 5.18. The fourth-order valence-corrected chi connectivity index (χ4v) is 2.65. The first-order chi connectivity index (χ1) is 9.99. The van der Waals surface area contributed by atoms with Crippen LogP contribution < -0.4 is 0 Å². The highest BCUT2D eigenvalue weighted by molar-refractivity contribution is 6.17.